The van der Waals surface area contributed by atoms with E-state index < -0.39 is 6.10 Å². The molecule has 2 heterocycles. The van der Waals surface area contributed by atoms with Crippen LogP contribution in [-0.4, -0.2) is 15.1 Å². The van der Waals surface area contributed by atoms with Gasteiger partial charge in [0.25, 0.3) is 0 Å². The van der Waals surface area contributed by atoms with Crippen molar-refractivity contribution in [3.63, 3.8) is 0 Å². The van der Waals surface area contributed by atoms with E-state index in [0.29, 0.717) is 5.56 Å². The Morgan fingerprint density at radius 2 is 2.05 bits per heavy atom. The average molecular weight is 351 g/mol. The number of benzene rings is 1. The van der Waals surface area contributed by atoms with E-state index in [2.05, 4.69) is 9.97 Å². The summed E-state index contributed by atoms with van der Waals surface area (Å²) in [6.45, 7) is 0. The van der Waals surface area contributed by atoms with Gasteiger partial charge in [-0.1, -0.05) is 35.3 Å². The molecule has 3 aromatic rings. The van der Waals surface area contributed by atoms with Gasteiger partial charge in [0.15, 0.2) is 0 Å². The summed E-state index contributed by atoms with van der Waals surface area (Å²) in [5.41, 5.74) is 1.65. The molecule has 0 fully saturated rings. The molecule has 1 unspecified atom stereocenters. The molecule has 0 aliphatic rings. The zero-order valence-electron chi connectivity index (χ0n) is 11.4. The Balaban J connectivity index is 1.80. The minimum atomic E-state index is -0.813. The summed E-state index contributed by atoms with van der Waals surface area (Å²) in [5.74, 6) is 0. The fourth-order valence-electron chi connectivity index (χ4n) is 2.15. The van der Waals surface area contributed by atoms with Crippen LogP contribution in [0.3, 0.4) is 0 Å². The van der Waals surface area contributed by atoms with Crippen LogP contribution in [0.1, 0.15) is 27.0 Å². The second-order valence-corrected chi connectivity index (χ2v) is 6.78. The van der Waals surface area contributed by atoms with Crippen molar-refractivity contribution in [3.8, 4) is 0 Å². The van der Waals surface area contributed by atoms with E-state index in [1.54, 1.807) is 0 Å². The fourth-order valence-corrected chi connectivity index (χ4v) is 3.61. The van der Waals surface area contributed by atoms with Gasteiger partial charge in [-0.3, -0.25) is 0 Å². The predicted octanol–water partition coefficient (Wildman–Crippen LogP) is 4.52. The first-order valence-electron chi connectivity index (χ1n) is 6.60. The standard InChI is InChI=1S/C16H12Cl2N2OS/c17-11-3-1-2-10(6-11)7-12-4-5-14(22-12)15(21)13-8-19-9-20-16(13)18/h1-6,8-9,15,21H,7H2. The molecule has 0 saturated carbocycles. The Morgan fingerprint density at radius 3 is 2.82 bits per heavy atom. The maximum absolute atomic E-state index is 10.4. The highest BCUT2D eigenvalue weighted by molar-refractivity contribution is 7.12. The summed E-state index contributed by atoms with van der Waals surface area (Å²) in [7, 11) is 0. The van der Waals surface area contributed by atoms with Crippen LogP contribution in [0.4, 0.5) is 0 Å². The van der Waals surface area contributed by atoms with Crippen molar-refractivity contribution in [1.82, 2.24) is 9.97 Å². The summed E-state index contributed by atoms with van der Waals surface area (Å²) < 4.78 is 0. The van der Waals surface area contributed by atoms with Gasteiger partial charge in [0.1, 0.15) is 17.6 Å². The van der Waals surface area contributed by atoms with E-state index in [4.69, 9.17) is 23.2 Å². The SMILES string of the molecule is OC(c1ccc(Cc2cccc(Cl)c2)s1)c1cncnc1Cl. The number of hydrogen-bond donors (Lipinski definition) is 1. The number of aromatic nitrogens is 2. The van der Waals surface area contributed by atoms with Crippen molar-refractivity contribution in [3.05, 3.63) is 80.0 Å². The third kappa shape index (κ3) is 3.47. The van der Waals surface area contributed by atoms with Crippen molar-refractivity contribution in [1.29, 1.82) is 0 Å². The van der Waals surface area contributed by atoms with Crippen LogP contribution in [0.15, 0.2) is 48.9 Å². The highest BCUT2D eigenvalue weighted by Gasteiger charge is 2.17. The normalized spacial score (nSPS) is 12.3. The van der Waals surface area contributed by atoms with E-state index in [1.165, 1.54) is 23.9 Å². The monoisotopic (exact) mass is 350 g/mol. The van der Waals surface area contributed by atoms with Crippen LogP contribution in [0.25, 0.3) is 0 Å². The number of halogens is 2. The zero-order chi connectivity index (χ0) is 15.5. The van der Waals surface area contributed by atoms with Crippen molar-refractivity contribution >= 4 is 34.5 Å². The van der Waals surface area contributed by atoms with Crippen LogP contribution in [0.2, 0.25) is 10.2 Å². The molecule has 0 amide bonds. The average Bonchev–Trinajstić information content (AvgIpc) is 2.95. The van der Waals surface area contributed by atoms with E-state index in [0.717, 1.165) is 26.8 Å². The molecule has 0 radical (unpaired) electrons. The first-order valence-corrected chi connectivity index (χ1v) is 8.17. The van der Waals surface area contributed by atoms with Gasteiger partial charge < -0.3 is 5.11 Å². The largest absolute Gasteiger partial charge is 0.383 e. The van der Waals surface area contributed by atoms with E-state index in [-0.39, 0.29) is 5.15 Å². The van der Waals surface area contributed by atoms with Crippen LogP contribution >= 0.6 is 34.5 Å². The Kier molecular flexibility index (Phi) is 4.74. The maximum Gasteiger partial charge on any atom is 0.138 e. The first-order chi connectivity index (χ1) is 10.6. The molecule has 1 N–H and O–H groups in total. The van der Waals surface area contributed by atoms with Gasteiger partial charge in [0.05, 0.1) is 0 Å². The van der Waals surface area contributed by atoms with Crippen molar-refractivity contribution in [2.24, 2.45) is 0 Å². The number of nitrogens with zero attached hydrogens (tertiary/aromatic N) is 2. The van der Waals surface area contributed by atoms with Gasteiger partial charge in [-0.2, -0.15) is 0 Å². The number of aliphatic hydroxyl groups excluding tert-OH is 1. The van der Waals surface area contributed by atoms with Gasteiger partial charge in [-0.05, 0) is 29.8 Å². The summed E-state index contributed by atoms with van der Waals surface area (Å²) in [5, 5.41) is 11.4. The van der Waals surface area contributed by atoms with Gasteiger partial charge in [-0.25, -0.2) is 9.97 Å². The summed E-state index contributed by atoms with van der Waals surface area (Å²) in [6.07, 6.45) is 2.86. The molecular weight excluding hydrogens is 339 g/mol. The lowest BCUT2D eigenvalue weighted by Gasteiger charge is -2.09. The first kappa shape index (κ1) is 15.4. The summed E-state index contributed by atoms with van der Waals surface area (Å²) >= 11 is 13.5. The molecular formula is C16H12Cl2N2OS. The third-order valence-corrected chi connectivity index (χ3v) is 4.89. The van der Waals surface area contributed by atoms with Gasteiger partial charge >= 0.3 is 0 Å². The lowest BCUT2D eigenvalue weighted by atomic mass is 10.1. The lowest BCUT2D eigenvalue weighted by Crippen LogP contribution is -2.00. The molecule has 3 nitrogen and oxygen atoms in total. The molecule has 1 aromatic carbocycles. The lowest BCUT2D eigenvalue weighted by molar-refractivity contribution is 0.223. The Bertz CT molecular complexity index is 791. The molecule has 0 aliphatic heterocycles. The fraction of sp³-hybridized carbons (Fsp3) is 0.125. The highest BCUT2D eigenvalue weighted by atomic mass is 35.5. The number of aliphatic hydroxyl groups is 1. The number of hydrogen-bond acceptors (Lipinski definition) is 4. The summed E-state index contributed by atoms with van der Waals surface area (Å²) in [6, 6.07) is 11.7. The van der Waals surface area contributed by atoms with Gasteiger partial charge in [0.2, 0.25) is 0 Å². The van der Waals surface area contributed by atoms with Crippen molar-refractivity contribution in [2.45, 2.75) is 12.5 Å². The van der Waals surface area contributed by atoms with Crippen LogP contribution in [0.5, 0.6) is 0 Å². The molecule has 22 heavy (non-hydrogen) atoms. The molecule has 112 valence electrons. The molecule has 0 bridgehead atoms. The molecule has 0 aliphatic carbocycles. The maximum atomic E-state index is 10.4. The smallest absolute Gasteiger partial charge is 0.138 e. The van der Waals surface area contributed by atoms with Crippen molar-refractivity contribution < 1.29 is 5.11 Å². The Labute approximate surface area is 142 Å². The van der Waals surface area contributed by atoms with Crippen LogP contribution in [-0.2, 0) is 6.42 Å². The second kappa shape index (κ2) is 6.75. The molecule has 2 aromatic heterocycles. The minimum Gasteiger partial charge on any atom is -0.383 e. The quantitative estimate of drug-likeness (QED) is 0.703. The Hall–Kier alpha value is -1.46. The highest BCUT2D eigenvalue weighted by Crippen LogP contribution is 2.32. The zero-order valence-corrected chi connectivity index (χ0v) is 13.7. The van der Waals surface area contributed by atoms with Crippen LogP contribution < -0.4 is 0 Å². The number of rotatable bonds is 4. The van der Waals surface area contributed by atoms with Gasteiger partial charge in [0, 0.05) is 33.0 Å². The number of thiophene rings is 1. The van der Waals surface area contributed by atoms with E-state index in [9.17, 15) is 5.11 Å². The molecule has 3 rings (SSSR count). The molecule has 1 atom stereocenters. The van der Waals surface area contributed by atoms with Crippen LogP contribution in [0, 0.1) is 0 Å². The topological polar surface area (TPSA) is 46.0 Å². The van der Waals surface area contributed by atoms with E-state index >= 15 is 0 Å². The third-order valence-electron chi connectivity index (χ3n) is 3.20. The second-order valence-electron chi connectivity index (χ2n) is 4.78. The minimum absolute atomic E-state index is 0.271. The van der Waals surface area contributed by atoms with Gasteiger partial charge in [-0.15, -0.1) is 11.3 Å². The molecule has 0 spiro atoms. The molecule has 0 saturated heterocycles. The predicted molar refractivity (Wildman–Crippen MR) is 89.7 cm³/mol. The van der Waals surface area contributed by atoms with Crippen molar-refractivity contribution in [2.75, 3.05) is 0 Å². The summed E-state index contributed by atoms with van der Waals surface area (Å²) in [4.78, 5) is 9.76. The molecule has 6 heteroatoms. The van der Waals surface area contributed by atoms with E-state index in [1.807, 2.05) is 36.4 Å². The Morgan fingerprint density at radius 1 is 1.18 bits per heavy atom.